The van der Waals surface area contributed by atoms with E-state index in [0.29, 0.717) is 11.4 Å². The van der Waals surface area contributed by atoms with Crippen LogP contribution < -0.4 is 5.32 Å². The number of carbonyl (C=O) groups is 1. The maximum Gasteiger partial charge on any atom is 0.263 e. The monoisotopic (exact) mass is 346 g/mol. The lowest BCUT2D eigenvalue weighted by molar-refractivity contribution is 0.0956. The normalized spacial score (nSPS) is 11.0. The Hall–Kier alpha value is -1.79. The van der Waals surface area contributed by atoms with Crippen LogP contribution in [0.1, 0.15) is 42.1 Å². The van der Waals surface area contributed by atoms with E-state index in [1.165, 1.54) is 11.3 Å². The Balaban J connectivity index is 1.84. The molecule has 0 aromatic carbocycles. The molecule has 2 rings (SSSR count). The maximum absolute atomic E-state index is 12.4. The molecule has 0 spiro atoms. The van der Waals surface area contributed by atoms with Crippen molar-refractivity contribution in [1.82, 2.24) is 20.2 Å². The third-order valence-corrected chi connectivity index (χ3v) is 5.22. The van der Waals surface area contributed by atoms with Crippen LogP contribution in [0.4, 0.5) is 0 Å². The number of nitrogens with one attached hydrogen (secondary N) is 1. The predicted octanol–water partition coefficient (Wildman–Crippen LogP) is 3.37. The van der Waals surface area contributed by atoms with Crippen LogP contribution >= 0.6 is 11.3 Å². The van der Waals surface area contributed by atoms with Crippen molar-refractivity contribution in [3.63, 3.8) is 0 Å². The van der Waals surface area contributed by atoms with Crippen molar-refractivity contribution in [2.24, 2.45) is 0 Å². The number of aryl methyl sites for hydroxylation is 1. The average Bonchev–Trinajstić information content (AvgIpc) is 3.00. The molecule has 0 bridgehead atoms. The molecule has 0 saturated carbocycles. The molecule has 0 aliphatic heterocycles. The second-order valence-electron chi connectivity index (χ2n) is 5.66. The third-order valence-electron chi connectivity index (χ3n) is 4.01. The second-order valence-corrected chi connectivity index (χ2v) is 6.66. The van der Waals surface area contributed by atoms with Crippen LogP contribution in [0.25, 0.3) is 10.6 Å². The highest BCUT2D eigenvalue weighted by molar-refractivity contribution is 7.17. The van der Waals surface area contributed by atoms with Gasteiger partial charge in [-0.2, -0.15) is 0 Å². The molecule has 5 nitrogen and oxygen atoms in total. The first-order chi connectivity index (χ1) is 11.7. The minimum absolute atomic E-state index is 0.0202. The largest absolute Gasteiger partial charge is 0.351 e. The third kappa shape index (κ3) is 5.11. The highest BCUT2D eigenvalue weighted by Crippen LogP contribution is 2.27. The van der Waals surface area contributed by atoms with E-state index < -0.39 is 0 Å². The van der Waals surface area contributed by atoms with E-state index in [0.717, 1.165) is 48.7 Å². The summed E-state index contributed by atoms with van der Waals surface area (Å²) in [7, 11) is 0. The summed E-state index contributed by atoms with van der Waals surface area (Å²) >= 11 is 1.44. The molecule has 2 aromatic heterocycles. The van der Waals surface area contributed by atoms with Gasteiger partial charge in [0.2, 0.25) is 0 Å². The molecular formula is C18H26N4OS. The number of hydrogen-bond acceptors (Lipinski definition) is 5. The Bertz CT molecular complexity index is 638. The number of amides is 1. The lowest BCUT2D eigenvalue weighted by Crippen LogP contribution is -2.27. The Labute approximate surface area is 148 Å². The second kappa shape index (κ2) is 9.49. The molecule has 0 aliphatic carbocycles. The van der Waals surface area contributed by atoms with Crippen molar-refractivity contribution in [2.75, 3.05) is 26.2 Å². The number of aromatic nitrogens is 2. The maximum atomic E-state index is 12.4. The molecule has 6 heteroatoms. The van der Waals surface area contributed by atoms with Crippen molar-refractivity contribution in [2.45, 2.75) is 33.6 Å². The van der Waals surface area contributed by atoms with Gasteiger partial charge in [-0.05, 0) is 51.5 Å². The fourth-order valence-corrected chi connectivity index (χ4v) is 3.50. The average molecular weight is 347 g/mol. The van der Waals surface area contributed by atoms with Crippen LogP contribution in [-0.4, -0.2) is 47.0 Å². The van der Waals surface area contributed by atoms with E-state index >= 15 is 0 Å². The summed E-state index contributed by atoms with van der Waals surface area (Å²) in [6.45, 7) is 10.2. The zero-order chi connectivity index (χ0) is 17.4. The van der Waals surface area contributed by atoms with Gasteiger partial charge in [-0.3, -0.25) is 9.78 Å². The first-order valence-corrected chi connectivity index (χ1v) is 9.35. The number of rotatable bonds is 9. The van der Waals surface area contributed by atoms with E-state index in [4.69, 9.17) is 0 Å². The Kier molecular flexibility index (Phi) is 7.34. The van der Waals surface area contributed by atoms with Gasteiger partial charge in [0.25, 0.3) is 5.91 Å². The zero-order valence-electron chi connectivity index (χ0n) is 14.7. The number of carbonyl (C=O) groups excluding carboxylic acids is 1. The van der Waals surface area contributed by atoms with E-state index in [1.54, 1.807) is 12.4 Å². The highest BCUT2D eigenvalue weighted by Gasteiger charge is 2.15. The van der Waals surface area contributed by atoms with Crippen LogP contribution in [0.15, 0.2) is 24.5 Å². The quantitative estimate of drug-likeness (QED) is 0.707. The zero-order valence-corrected chi connectivity index (χ0v) is 15.5. The highest BCUT2D eigenvalue weighted by atomic mass is 32.1. The molecule has 0 unspecified atom stereocenters. The van der Waals surface area contributed by atoms with Gasteiger partial charge in [-0.15, -0.1) is 11.3 Å². The van der Waals surface area contributed by atoms with Crippen molar-refractivity contribution in [3.8, 4) is 10.6 Å². The van der Waals surface area contributed by atoms with Gasteiger partial charge in [0.15, 0.2) is 0 Å². The molecule has 2 aromatic rings. The standard InChI is InChI=1S/C18H26N4OS/c1-4-22(5-2)13-7-6-10-20-17(23)16-14(3)21-18(24-16)15-8-11-19-12-9-15/h8-9,11-12H,4-7,10,13H2,1-3H3,(H,20,23). The van der Waals surface area contributed by atoms with E-state index in [-0.39, 0.29) is 5.91 Å². The summed E-state index contributed by atoms with van der Waals surface area (Å²) in [4.78, 5) is 24.0. The molecule has 0 saturated heterocycles. The van der Waals surface area contributed by atoms with Crippen LogP contribution in [0.3, 0.4) is 0 Å². The van der Waals surface area contributed by atoms with Crippen molar-refractivity contribution in [1.29, 1.82) is 0 Å². The molecule has 0 aliphatic rings. The van der Waals surface area contributed by atoms with Crippen molar-refractivity contribution < 1.29 is 4.79 Å². The van der Waals surface area contributed by atoms with Crippen molar-refractivity contribution in [3.05, 3.63) is 35.1 Å². The summed E-state index contributed by atoms with van der Waals surface area (Å²) in [5, 5.41) is 3.88. The number of pyridine rings is 1. The molecule has 1 N–H and O–H groups in total. The fraction of sp³-hybridized carbons (Fsp3) is 0.500. The molecule has 130 valence electrons. The Morgan fingerprint density at radius 1 is 1.21 bits per heavy atom. The Morgan fingerprint density at radius 3 is 2.58 bits per heavy atom. The molecule has 0 atom stereocenters. The molecule has 1 amide bonds. The van der Waals surface area contributed by atoms with Gasteiger partial charge >= 0.3 is 0 Å². The smallest absolute Gasteiger partial charge is 0.263 e. The first kappa shape index (κ1) is 18.5. The van der Waals surface area contributed by atoms with Gasteiger partial charge in [-0.25, -0.2) is 4.98 Å². The molecular weight excluding hydrogens is 320 g/mol. The number of nitrogens with zero attached hydrogens (tertiary/aromatic N) is 3. The van der Waals surface area contributed by atoms with Crippen LogP contribution in [-0.2, 0) is 0 Å². The van der Waals surface area contributed by atoms with E-state index in [9.17, 15) is 4.79 Å². The van der Waals surface area contributed by atoms with Gasteiger partial charge in [-0.1, -0.05) is 13.8 Å². The summed E-state index contributed by atoms with van der Waals surface area (Å²) in [6, 6.07) is 3.82. The van der Waals surface area contributed by atoms with Crippen LogP contribution in [0.5, 0.6) is 0 Å². The fourth-order valence-electron chi connectivity index (χ4n) is 2.51. The van der Waals surface area contributed by atoms with Crippen LogP contribution in [0.2, 0.25) is 0 Å². The van der Waals surface area contributed by atoms with Gasteiger partial charge in [0, 0.05) is 24.5 Å². The van der Waals surface area contributed by atoms with Gasteiger partial charge in [0.05, 0.1) is 5.69 Å². The summed E-state index contributed by atoms with van der Waals surface area (Å²) < 4.78 is 0. The molecule has 0 fully saturated rings. The van der Waals surface area contributed by atoms with E-state index in [1.807, 2.05) is 19.1 Å². The number of thiazole rings is 1. The summed E-state index contributed by atoms with van der Waals surface area (Å²) in [5.74, 6) is -0.0202. The number of unbranched alkanes of at least 4 members (excludes halogenated alkanes) is 1. The minimum atomic E-state index is -0.0202. The summed E-state index contributed by atoms with van der Waals surface area (Å²) in [6.07, 6.45) is 5.58. The topological polar surface area (TPSA) is 58.1 Å². The SMILES string of the molecule is CCN(CC)CCCCNC(=O)c1sc(-c2ccncc2)nc1C. The predicted molar refractivity (Wildman–Crippen MR) is 99.4 cm³/mol. The molecule has 0 radical (unpaired) electrons. The lowest BCUT2D eigenvalue weighted by Gasteiger charge is -2.17. The van der Waals surface area contributed by atoms with Crippen molar-refractivity contribution >= 4 is 17.2 Å². The summed E-state index contributed by atoms with van der Waals surface area (Å²) in [5.41, 5.74) is 1.78. The Morgan fingerprint density at radius 2 is 1.92 bits per heavy atom. The molecule has 24 heavy (non-hydrogen) atoms. The molecule has 2 heterocycles. The lowest BCUT2D eigenvalue weighted by atomic mass is 10.2. The first-order valence-electron chi connectivity index (χ1n) is 8.54. The van der Waals surface area contributed by atoms with Gasteiger partial charge in [0.1, 0.15) is 9.88 Å². The van der Waals surface area contributed by atoms with Crippen LogP contribution in [0, 0.1) is 6.92 Å². The van der Waals surface area contributed by atoms with Gasteiger partial charge < -0.3 is 10.2 Å². The number of hydrogen-bond donors (Lipinski definition) is 1. The van der Waals surface area contributed by atoms with E-state index in [2.05, 4.69) is 34.0 Å². The minimum Gasteiger partial charge on any atom is -0.351 e.